The molecule has 0 aromatic heterocycles. The van der Waals surface area contributed by atoms with Crippen LogP contribution < -0.4 is 0 Å². The third-order valence-corrected chi connectivity index (χ3v) is 2.24. The molecule has 1 heterocycles. The summed E-state index contributed by atoms with van der Waals surface area (Å²) in [7, 11) is 1.62. The third kappa shape index (κ3) is 0.982. The molecule has 1 fully saturated rings. The Hall–Kier alpha value is -1.06. The van der Waals surface area contributed by atoms with E-state index < -0.39 is 11.4 Å². The SMILES string of the molecule is CN1CCC(C)(C(=O)O)C1=O. The summed E-state index contributed by atoms with van der Waals surface area (Å²) < 4.78 is 0. The Bertz CT molecular complexity index is 214. The Morgan fingerprint density at radius 2 is 2.27 bits per heavy atom. The average Bonchev–Trinajstić information content (AvgIpc) is 2.18. The van der Waals surface area contributed by atoms with Crippen LogP contribution >= 0.6 is 0 Å². The minimum absolute atomic E-state index is 0.287. The summed E-state index contributed by atoms with van der Waals surface area (Å²) in [4.78, 5) is 23.3. The number of nitrogens with zero attached hydrogens (tertiary/aromatic N) is 1. The normalized spacial score (nSPS) is 31.1. The number of carboxylic acid groups (broad SMARTS) is 1. The van der Waals surface area contributed by atoms with Gasteiger partial charge in [-0.3, -0.25) is 9.59 Å². The minimum atomic E-state index is -1.17. The van der Waals surface area contributed by atoms with Gasteiger partial charge in [0, 0.05) is 13.6 Å². The van der Waals surface area contributed by atoms with Gasteiger partial charge >= 0.3 is 5.97 Å². The zero-order valence-electron chi connectivity index (χ0n) is 6.63. The van der Waals surface area contributed by atoms with E-state index in [2.05, 4.69) is 0 Å². The molecule has 1 rings (SSSR count). The summed E-state index contributed by atoms with van der Waals surface area (Å²) in [6, 6.07) is 0. The van der Waals surface area contributed by atoms with Gasteiger partial charge in [0.2, 0.25) is 5.91 Å². The fraction of sp³-hybridized carbons (Fsp3) is 0.714. The maximum Gasteiger partial charge on any atom is 0.318 e. The van der Waals surface area contributed by atoms with Crippen LogP contribution in [0.15, 0.2) is 0 Å². The van der Waals surface area contributed by atoms with Crippen LogP contribution in [0.25, 0.3) is 0 Å². The van der Waals surface area contributed by atoms with Gasteiger partial charge < -0.3 is 10.0 Å². The number of amides is 1. The van der Waals surface area contributed by atoms with Crippen molar-refractivity contribution in [3.05, 3.63) is 0 Å². The van der Waals surface area contributed by atoms with E-state index in [1.165, 1.54) is 11.8 Å². The molecule has 0 spiro atoms. The third-order valence-electron chi connectivity index (χ3n) is 2.24. The molecule has 4 nitrogen and oxygen atoms in total. The highest BCUT2D eigenvalue weighted by Gasteiger charge is 2.47. The van der Waals surface area contributed by atoms with Crippen LogP contribution in [0.3, 0.4) is 0 Å². The smallest absolute Gasteiger partial charge is 0.318 e. The summed E-state index contributed by atoms with van der Waals surface area (Å²) in [5, 5.41) is 8.71. The van der Waals surface area contributed by atoms with Crippen molar-refractivity contribution in [2.45, 2.75) is 13.3 Å². The molecule has 0 aliphatic carbocycles. The number of carbonyl (C=O) groups excluding carboxylic acids is 1. The summed E-state index contributed by atoms with van der Waals surface area (Å²) in [5.74, 6) is -1.31. The van der Waals surface area contributed by atoms with Crippen molar-refractivity contribution in [1.82, 2.24) is 4.90 Å². The monoisotopic (exact) mass is 157 g/mol. The fourth-order valence-corrected chi connectivity index (χ4v) is 1.22. The zero-order chi connectivity index (χ0) is 8.65. The predicted octanol–water partition coefficient (Wildman–Crippen LogP) is -0.0606. The van der Waals surface area contributed by atoms with Crippen molar-refractivity contribution >= 4 is 11.9 Å². The lowest BCUT2D eigenvalue weighted by Crippen LogP contribution is -2.36. The van der Waals surface area contributed by atoms with Crippen LogP contribution in [-0.2, 0) is 9.59 Å². The molecule has 0 bridgehead atoms. The number of carbonyl (C=O) groups is 2. The molecular weight excluding hydrogens is 146 g/mol. The van der Waals surface area contributed by atoms with E-state index in [1.807, 2.05) is 0 Å². The van der Waals surface area contributed by atoms with Crippen molar-refractivity contribution in [2.24, 2.45) is 5.41 Å². The number of carboxylic acids is 1. The molecule has 0 aromatic rings. The summed E-state index contributed by atoms with van der Waals surface area (Å²) in [6.07, 6.45) is 0.414. The second-order valence-electron chi connectivity index (χ2n) is 3.11. The highest BCUT2D eigenvalue weighted by Crippen LogP contribution is 2.30. The van der Waals surface area contributed by atoms with Gasteiger partial charge in [-0.2, -0.15) is 0 Å². The van der Waals surface area contributed by atoms with Crippen LogP contribution in [-0.4, -0.2) is 35.5 Å². The Labute approximate surface area is 64.8 Å². The van der Waals surface area contributed by atoms with Gasteiger partial charge in [-0.15, -0.1) is 0 Å². The average molecular weight is 157 g/mol. The minimum Gasteiger partial charge on any atom is -0.480 e. The molecule has 4 heteroatoms. The molecule has 11 heavy (non-hydrogen) atoms. The van der Waals surface area contributed by atoms with E-state index >= 15 is 0 Å². The maximum atomic E-state index is 11.2. The first-order chi connectivity index (χ1) is 4.98. The summed E-state index contributed by atoms with van der Waals surface area (Å²) in [6.45, 7) is 2.02. The molecule has 1 saturated heterocycles. The van der Waals surface area contributed by atoms with Gasteiger partial charge in [0.25, 0.3) is 0 Å². The lowest BCUT2D eigenvalue weighted by molar-refractivity contribution is -0.154. The molecule has 1 atom stereocenters. The Morgan fingerprint density at radius 3 is 2.45 bits per heavy atom. The molecule has 1 amide bonds. The first-order valence-electron chi connectivity index (χ1n) is 3.47. The fourth-order valence-electron chi connectivity index (χ4n) is 1.22. The highest BCUT2D eigenvalue weighted by molar-refractivity contribution is 6.02. The van der Waals surface area contributed by atoms with Crippen LogP contribution in [0.2, 0.25) is 0 Å². The van der Waals surface area contributed by atoms with Gasteiger partial charge in [0.1, 0.15) is 5.41 Å². The van der Waals surface area contributed by atoms with Gasteiger partial charge in [-0.1, -0.05) is 0 Å². The van der Waals surface area contributed by atoms with Crippen LogP contribution in [0.4, 0.5) is 0 Å². The van der Waals surface area contributed by atoms with Crippen molar-refractivity contribution in [3.8, 4) is 0 Å². The van der Waals surface area contributed by atoms with Gasteiger partial charge in [-0.05, 0) is 13.3 Å². The number of rotatable bonds is 1. The highest BCUT2D eigenvalue weighted by atomic mass is 16.4. The number of hydrogen-bond acceptors (Lipinski definition) is 2. The van der Waals surface area contributed by atoms with E-state index in [1.54, 1.807) is 7.05 Å². The van der Waals surface area contributed by atoms with Crippen molar-refractivity contribution in [2.75, 3.05) is 13.6 Å². The van der Waals surface area contributed by atoms with Crippen LogP contribution in [0.5, 0.6) is 0 Å². The predicted molar refractivity (Wildman–Crippen MR) is 38.0 cm³/mol. The van der Waals surface area contributed by atoms with Crippen molar-refractivity contribution < 1.29 is 14.7 Å². The van der Waals surface area contributed by atoms with E-state index in [0.29, 0.717) is 13.0 Å². The van der Waals surface area contributed by atoms with Gasteiger partial charge in [0.15, 0.2) is 0 Å². The second-order valence-corrected chi connectivity index (χ2v) is 3.11. The summed E-state index contributed by atoms with van der Waals surface area (Å²) >= 11 is 0. The molecule has 1 unspecified atom stereocenters. The standard InChI is InChI=1S/C7H11NO3/c1-7(6(10)11)3-4-8(2)5(7)9/h3-4H2,1-2H3,(H,10,11). The zero-order valence-corrected chi connectivity index (χ0v) is 6.63. The Morgan fingerprint density at radius 1 is 1.73 bits per heavy atom. The molecule has 0 saturated carbocycles. The number of aliphatic carboxylic acids is 1. The largest absolute Gasteiger partial charge is 0.480 e. The van der Waals surface area contributed by atoms with E-state index in [-0.39, 0.29) is 5.91 Å². The van der Waals surface area contributed by atoms with Crippen molar-refractivity contribution in [3.63, 3.8) is 0 Å². The van der Waals surface area contributed by atoms with Gasteiger partial charge in [-0.25, -0.2) is 0 Å². The maximum absolute atomic E-state index is 11.2. The molecular formula is C7H11NO3. The van der Waals surface area contributed by atoms with E-state index in [9.17, 15) is 9.59 Å². The molecule has 1 aliphatic rings. The van der Waals surface area contributed by atoms with Crippen LogP contribution in [0.1, 0.15) is 13.3 Å². The Kier molecular flexibility index (Phi) is 1.62. The van der Waals surface area contributed by atoms with Crippen LogP contribution in [0, 0.1) is 5.41 Å². The first kappa shape index (κ1) is 8.04. The summed E-state index contributed by atoms with van der Waals surface area (Å²) in [5.41, 5.74) is -1.17. The second kappa shape index (κ2) is 2.22. The molecule has 1 N–H and O–H groups in total. The van der Waals surface area contributed by atoms with E-state index in [0.717, 1.165) is 0 Å². The lowest BCUT2D eigenvalue weighted by Gasteiger charge is -2.15. The first-order valence-corrected chi connectivity index (χ1v) is 3.47. The molecule has 0 radical (unpaired) electrons. The van der Waals surface area contributed by atoms with Crippen molar-refractivity contribution in [1.29, 1.82) is 0 Å². The van der Waals surface area contributed by atoms with E-state index in [4.69, 9.17) is 5.11 Å². The number of hydrogen-bond donors (Lipinski definition) is 1. The molecule has 1 aliphatic heterocycles. The topological polar surface area (TPSA) is 57.6 Å². The molecule has 0 aromatic carbocycles. The lowest BCUT2D eigenvalue weighted by atomic mass is 9.89. The quantitative estimate of drug-likeness (QED) is 0.542. The molecule has 62 valence electrons. The number of likely N-dealkylation sites (tertiary alicyclic amines) is 1. The van der Waals surface area contributed by atoms with Gasteiger partial charge in [0.05, 0.1) is 0 Å². The Balaban J connectivity index is 2.90.